The molecule has 0 spiro atoms. The van der Waals surface area contributed by atoms with E-state index in [0.717, 1.165) is 31.7 Å². The van der Waals surface area contributed by atoms with Gasteiger partial charge in [-0.2, -0.15) is 0 Å². The molecule has 0 radical (unpaired) electrons. The lowest BCUT2D eigenvalue weighted by Crippen LogP contribution is -2.43. The number of nitrogens with two attached hydrogens (primary N) is 3. The molecule has 0 unspecified atom stereocenters. The number of nitrogens with zero attached hydrogens (tertiary/aromatic N) is 1. The van der Waals surface area contributed by atoms with Crippen LogP contribution >= 0.6 is 0 Å². The molecule has 0 aliphatic heterocycles. The van der Waals surface area contributed by atoms with E-state index in [4.69, 9.17) is 17.2 Å². The summed E-state index contributed by atoms with van der Waals surface area (Å²) in [5.41, 5.74) is 16.5. The molecule has 2 rings (SSSR count). The Hall–Kier alpha value is -1.89. The molecule has 1 aromatic rings. The Labute approximate surface area is 110 Å². The molecule has 0 saturated heterocycles. The van der Waals surface area contributed by atoms with Crippen LogP contribution in [0.25, 0.3) is 0 Å². The number of amides is 1. The Morgan fingerprint density at radius 1 is 1.42 bits per heavy atom. The molecule has 104 valence electrons. The molecule has 6 nitrogen and oxygen atoms in total. The van der Waals surface area contributed by atoms with E-state index in [0.29, 0.717) is 0 Å². The average Bonchev–Trinajstić information content (AvgIpc) is 2.35. The Morgan fingerprint density at radius 2 is 2.11 bits per heavy atom. The van der Waals surface area contributed by atoms with Crippen LogP contribution in [0.3, 0.4) is 0 Å². The molecule has 2 atom stereocenters. The fourth-order valence-corrected chi connectivity index (χ4v) is 2.32. The van der Waals surface area contributed by atoms with Gasteiger partial charge in [0.2, 0.25) is 0 Å². The summed E-state index contributed by atoms with van der Waals surface area (Å²) < 4.78 is 13.8. The van der Waals surface area contributed by atoms with Crippen LogP contribution in [0.5, 0.6) is 0 Å². The number of nitrogen functional groups attached to an aromatic ring is 1. The smallest absolute Gasteiger partial charge is 0.252 e. The van der Waals surface area contributed by atoms with Gasteiger partial charge in [0.1, 0.15) is 5.82 Å². The third kappa shape index (κ3) is 2.93. The lowest BCUT2D eigenvalue weighted by molar-refractivity contribution is 0.100. The molecule has 1 saturated carbocycles. The molecule has 1 aliphatic carbocycles. The molecule has 1 amide bonds. The first-order valence-electron chi connectivity index (χ1n) is 6.27. The molecule has 1 heterocycles. The number of hydrogen-bond donors (Lipinski definition) is 4. The number of carbonyl (C=O) groups excluding carboxylic acids is 1. The largest absolute Gasteiger partial charge is 0.383 e. The first-order valence-corrected chi connectivity index (χ1v) is 6.27. The Balaban J connectivity index is 2.21. The van der Waals surface area contributed by atoms with Gasteiger partial charge < -0.3 is 22.5 Å². The van der Waals surface area contributed by atoms with Crippen molar-refractivity contribution in [3.63, 3.8) is 0 Å². The third-order valence-corrected chi connectivity index (χ3v) is 3.41. The molecule has 0 aromatic carbocycles. The fourth-order valence-electron chi connectivity index (χ4n) is 2.32. The van der Waals surface area contributed by atoms with Crippen LogP contribution < -0.4 is 22.5 Å². The van der Waals surface area contributed by atoms with Gasteiger partial charge in [-0.1, -0.05) is 12.8 Å². The van der Waals surface area contributed by atoms with Gasteiger partial charge in [-0.3, -0.25) is 4.79 Å². The fraction of sp³-hybridized carbons (Fsp3) is 0.500. The molecule has 1 fully saturated rings. The minimum Gasteiger partial charge on any atom is -0.383 e. The number of aromatic nitrogens is 1. The van der Waals surface area contributed by atoms with Gasteiger partial charge in [-0.15, -0.1) is 0 Å². The van der Waals surface area contributed by atoms with Crippen molar-refractivity contribution >= 4 is 17.5 Å². The molecule has 19 heavy (non-hydrogen) atoms. The second-order valence-electron chi connectivity index (χ2n) is 4.81. The van der Waals surface area contributed by atoms with E-state index >= 15 is 0 Å². The van der Waals surface area contributed by atoms with Crippen molar-refractivity contribution in [3.05, 3.63) is 17.4 Å². The SMILES string of the molecule is NC(=O)c1cc(F)c(N[C@@H]2CCCC[C@@H]2N)nc1N. The highest BCUT2D eigenvalue weighted by Crippen LogP contribution is 2.23. The summed E-state index contributed by atoms with van der Waals surface area (Å²) in [5.74, 6) is -1.52. The van der Waals surface area contributed by atoms with Gasteiger partial charge in [-0.25, -0.2) is 9.37 Å². The maximum atomic E-state index is 13.8. The first-order chi connectivity index (χ1) is 8.99. The Morgan fingerprint density at radius 3 is 2.74 bits per heavy atom. The molecule has 7 N–H and O–H groups in total. The van der Waals surface area contributed by atoms with Crippen molar-refractivity contribution in [2.24, 2.45) is 11.5 Å². The highest BCUT2D eigenvalue weighted by molar-refractivity contribution is 5.97. The summed E-state index contributed by atoms with van der Waals surface area (Å²) in [5, 5.41) is 2.96. The van der Waals surface area contributed by atoms with Crippen molar-refractivity contribution in [1.82, 2.24) is 4.98 Å². The molecule has 7 heteroatoms. The van der Waals surface area contributed by atoms with Crippen molar-refractivity contribution < 1.29 is 9.18 Å². The summed E-state index contributed by atoms with van der Waals surface area (Å²) in [4.78, 5) is 14.9. The minimum atomic E-state index is -0.801. The molecular formula is C12H18FN5O. The summed E-state index contributed by atoms with van der Waals surface area (Å²) in [7, 11) is 0. The van der Waals surface area contributed by atoms with Crippen LogP contribution in [0.4, 0.5) is 16.0 Å². The molecule has 1 aliphatic rings. The van der Waals surface area contributed by atoms with E-state index in [2.05, 4.69) is 10.3 Å². The number of primary amides is 1. The number of halogens is 1. The summed E-state index contributed by atoms with van der Waals surface area (Å²) in [6.07, 6.45) is 3.88. The molecule has 0 bridgehead atoms. The van der Waals surface area contributed by atoms with E-state index in [1.54, 1.807) is 0 Å². The summed E-state index contributed by atoms with van der Waals surface area (Å²) in [6, 6.07) is 0.933. The maximum absolute atomic E-state index is 13.8. The van der Waals surface area contributed by atoms with E-state index in [9.17, 15) is 9.18 Å². The minimum absolute atomic E-state index is 0.0184. The first kappa shape index (κ1) is 13.5. The van der Waals surface area contributed by atoms with Crippen LogP contribution in [0, 0.1) is 5.82 Å². The van der Waals surface area contributed by atoms with Gasteiger partial charge in [0.15, 0.2) is 11.6 Å². The lowest BCUT2D eigenvalue weighted by atomic mass is 9.91. The maximum Gasteiger partial charge on any atom is 0.252 e. The second-order valence-corrected chi connectivity index (χ2v) is 4.81. The Bertz CT molecular complexity index is 493. The van der Waals surface area contributed by atoms with Crippen LogP contribution in [-0.2, 0) is 0 Å². The monoisotopic (exact) mass is 267 g/mol. The average molecular weight is 267 g/mol. The van der Waals surface area contributed by atoms with Crippen LogP contribution in [-0.4, -0.2) is 23.0 Å². The van der Waals surface area contributed by atoms with Crippen LogP contribution in [0.15, 0.2) is 6.07 Å². The normalized spacial score (nSPS) is 23.1. The van der Waals surface area contributed by atoms with Crippen molar-refractivity contribution in [2.45, 2.75) is 37.8 Å². The van der Waals surface area contributed by atoms with Gasteiger partial charge >= 0.3 is 0 Å². The van der Waals surface area contributed by atoms with Crippen LogP contribution in [0.2, 0.25) is 0 Å². The van der Waals surface area contributed by atoms with E-state index in [1.807, 2.05) is 0 Å². The number of hydrogen-bond acceptors (Lipinski definition) is 5. The zero-order valence-electron chi connectivity index (χ0n) is 10.5. The standard InChI is InChI=1S/C12H18FN5O/c13-7-5-6(11(16)19)10(15)18-12(7)17-9-4-2-1-3-8(9)14/h5,8-9H,1-4,14H2,(H2,16,19)(H3,15,17,18)/t8-,9+/m0/s1. The number of anilines is 2. The highest BCUT2D eigenvalue weighted by Gasteiger charge is 2.23. The number of nitrogens with one attached hydrogen (secondary N) is 1. The van der Waals surface area contributed by atoms with Gasteiger partial charge in [0, 0.05) is 12.1 Å². The second kappa shape index (κ2) is 5.40. The van der Waals surface area contributed by atoms with Crippen molar-refractivity contribution in [2.75, 3.05) is 11.1 Å². The predicted molar refractivity (Wildman–Crippen MR) is 71.0 cm³/mol. The molecule has 1 aromatic heterocycles. The predicted octanol–water partition coefficient (Wildman–Crippen LogP) is 0.584. The van der Waals surface area contributed by atoms with E-state index in [1.165, 1.54) is 0 Å². The topological polar surface area (TPSA) is 120 Å². The number of carbonyl (C=O) groups is 1. The van der Waals surface area contributed by atoms with Crippen LogP contribution in [0.1, 0.15) is 36.0 Å². The van der Waals surface area contributed by atoms with Crippen molar-refractivity contribution in [3.8, 4) is 0 Å². The highest BCUT2D eigenvalue weighted by atomic mass is 19.1. The molecular weight excluding hydrogens is 249 g/mol. The number of pyridine rings is 1. The summed E-state index contributed by atoms with van der Waals surface area (Å²) in [6.45, 7) is 0. The summed E-state index contributed by atoms with van der Waals surface area (Å²) >= 11 is 0. The van der Waals surface area contributed by atoms with Gasteiger partial charge in [0.25, 0.3) is 5.91 Å². The zero-order chi connectivity index (χ0) is 14.0. The van der Waals surface area contributed by atoms with Gasteiger partial charge in [0.05, 0.1) is 5.56 Å². The Kier molecular flexibility index (Phi) is 3.84. The third-order valence-electron chi connectivity index (χ3n) is 3.41. The van der Waals surface area contributed by atoms with Gasteiger partial charge in [-0.05, 0) is 18.9 Å². The number of rotatable bonds is 3. The zero-order valence-corrected chi connectivity index (χ0v) is 10.5. The van der Waals surface area contributed by atoms with E-state index < -0.39 is 11.7 Å². The quantitative estimate of drug-likeness (QED) is 0.638. The lowest BCUT2D eigenvalue weighted by Gasteiger charge is -2.29. The van der Waals surface area contributed by atoms with E-state index in [-0.39, 0.29) is 29.3 Å². The van der Waals surface area contributed by atoms with Crippen molar-refractivity contribution in [1.29, 1.82) is 0 Å².